The number of benzene rings is 2. The van der Waals surface area contributed by atoms with Crippen LogP contribution in [0.3, 0.4) is 0 Å². The molecule has 1 saturated heterocycles. The summed E-state index contributed by atoms with van der Waals surface area (Å²) in [6.45, 7) is 4.55. The molecule has 1 atom stereocenters. The maximum atomic E-state index is 12.9. The number of methoxy groups -OCH3 is 1. The van der Waals surface area contributed by atoms with Gasteiger partial charge in [-0.05, 0) is 68.0 Å². The molecule has 0 spiro atoms. The first-order chi connectivity index (χ1) is 16.4. The maximum absolute atomic E-state index is 12.9. The lowest BCUT2D eigenvalue weighted by Gasteiger charge is -2.24. The molecule has 1 heterocycles. The fourth-order valence-electron chi connectivity index (χ4n) is 3.53. The predicted octanol–water partition coefficient (Wildman–Crippen LogP) is 2.51. The molecule has 1 aliphatic rings. The first kappa shape index (κ1) is 25.0. The Hall–Kier alpha value is -3.66. The number of amides is 3. The smallest absolute Gasteiger partial charge is 0.254 e. The topological polar surface area (TPSA) is 100 Å². The highest BCUT2D eigenvalue weighted by Crippen LogP contribution is 2.21. The zero-order chi connectivity index (χ0) is 24.7. The summed E-state index contributed by atoms with van der Waals surface area (Å²) in [7, 11) is 1.57. The number of likely N-dealkylation sites (N-methyl/N-ethyl adjacent to an activating group) is 1. The zero-order valence-corrected chi connectivity index (χ0v) is 20.2. The van der Waals surface area contributed by atoms with Gasteiger partial charge in [-0.15, -0.1) is 0 Å². The van der Waals surface area contributed by atoms with Crippen LogP contribution in [0.1, 0.15) is 25.8 Å². The molecule has 0 bridgehead atoms. The molecule has 0 radical (unpaired) electrons. The Balaban J connectivity index is 1.66. The number of anilines is 1. The molecule has 0 saturated carbocycles. The SMILES string of the molecule is CCOc1ccc(NC(=O)CC2C(=O)N(CC)C(=S)N2NC(=O)Cc2ccc(OC)cc2)cc1. The van der Waals surface area contributed by atoms with E-state index in [1.165, 1.54) is 9.91 Å². The quantitative estimate of drug-likeness (QED) is 0.500. The van der Waals surface area contributed by atoms with Crippen LogP contribution in [0.2, 0.25) is 0 Å². The average Bonchev–Trinajstić information content (AvgIpc) is 3.04. The minimum Gasteiger partial charge on any atom is -0.497 e. The molecule has 10 heteroatoms. The van der Waals surface area contributed by atoms with Gasteiger partial charge in [0.1, 0.15) is 17.5 Å². The molecule has 2 N–H and O–H groups in total. The molecule has 3 rings (SSSR count). The van der Waals surface area contributed by atoms with E-state index in [1.807, 2.05) is 6.92 Å². The third-order valence-corrected chi connectivity index (χ3v) is 5.63. The Morgan fingerprint density at radius 3 is 2.24 bits per heavy atom. The van der Waals surface area contributed by atoms with E-state index in [-0.39, 0.29) is 35.7 Å². The molecule has 1 unspecified atom stereocenters. The first-order valence-electron chi connectivity index (χ1n) is 11.0. The summed E-state index contributed by atoms with van der Waals surface area (Å²) in [6, 6.07) is 13.1. The summed E-state index contributed by atoms with van der Waals surface area (Å²) < 4.78 is 10.5. The number of hydrogen-bond donors (Lipinski definition) is 2. The number of carbonyl (C=O) groups excluding carboxylic acids is 3. The van der Waals surface area contributed by atoms with Gasteiger partial charge in [0.25, 0.3) is 5.91 Å². The van der Waals surface area contributed by atoms with Crippen molar-refractivity contribution in [2.75, 3.05) is 25.6 Å². The molecular formula is C24H28N4O5S. The minimum absolute atomic E-state index is 0.0779. The van der Waals surface area contributed by atoms with E-state index in [0.29, 0.717) is 30.3 Å². The van der Waals surface area contributed by atoms with Crippen LogP contribution in [0.15, 0.2) is 48.5 Å². The van der Waals surface area contributed by atoms with E-state index in [1.54, 1.807) is 62.6 Å². The Kier molecular flexibility index (Phi) is 8.42. The van der Waals surface area contributed by atoms with Gasteiger partial charge in [-0.25, -0.2) is 5.01 Å². The van der Waals surface area contributed by atoms with Crippen LogP contribution < -0.4 is 20.2 Å². The van der Waals surface area contributed by atoms with Crippen LogP contribution in [0, 0.1) is 0 Å². The van der Waals surface area contributed by atoms with Gasteiger partial charge in [-0.1, -0.05) is 12.1 Å². The largest absolute Gasteiger partial charge is 0.497 e. The van der Waals surface area contributed by atoms with Gasteiger partial charge in [0.15, 0.2) is 5.11 Å². The molecule has 2 aromatic rings. The first-order valence-corrected chi connectivity index (χ1v) is 11.4. The van der Waals surface area contributed by atoms with E-state index < -0.39 is 6.04 Å². The lowest BCUT2D eigenvalue weighted by atomic mass is 10.1. The van der Waals surface area contributed by atoms with Gasteiger partial charge in [-0.3, -0.25) is 24.7 Å². The highest BCUT2D eigenvalue weighted by Gasteiger charge is 2.43. The van der Waals surface area contributed by atoms with Crippen molar-refractivity contribution in [3.05, 3.63) is 54.1 Å². The summed E-state index contributed by atoms with van der Waals surface area (Å²) in [5, 5.41) is 4.24. The molecule has 34 heavy (non-hydrogen) atoms. The molecule has 1 aliphatic heterocycles. The third-order valence-electron chi connectivity index (χ3n) is 5.21. The Labute approximate surface area is 204 Å². The number of carbonyl (C=O) groups is 3. The monoisotopic (exact) mass is 484 g/mol. The van der Waals surface area contributed by atoms with Gasteiger partial charge in [0.05, 0.1) is 26.6 Å². The lowest BCUT2D eigenvalue weighted by molar-refractivity contribution is -0.132. The summed E-state index contributed by atoms with van der Waals surface area (Å²) in [5.41, 5.74) is 4.05. The maximum Gasteiger partial charge on any atom is 0.254 e. The minimum atomic E-state index is -0.935. The molecule has 0 aliphatic carbocycles. The summed E-state index contributed by atoms with van der Waals surface area (Å²) in [5.74, 6) is 0.320. The number of hydrogen-bond acceptors (Lipinski definition) is 6. The third kappa shape index (κ3) is 6.02. The van der Waals surface area contributed by atoms with Gasteiger partial charge in [0.2, 0.25) is 11.8 Å². The average molecular weight is 485 g/mol. The van der Waals surface area contributed by atoms with Crippen molar-refractivity contribution in [1.29, 1.82) is 0 Å². The van der Waals surface area contributed by atoms with E-state index in [0.717, 1.165) is 5.56 Å². The van der Waals surface area contributed by atoms with Crippen LogP contribution >= 0.6 is 12.2 Å². The highest BCUT2D eigenvalue weighted by atomic mass is 32.1. The van der Waals surface area contributed by atoms with Crippen molar-refractivity contribution in [2.45, 2.75) is 32.7 Å². The number of ether oxygens (including phenoxy) is 2. The number of nitrogens with zero attached hydrogens (tertiary/aromatic N) is 2. The fourth-order valence-corrected chi connectivity index (χ4v) is 3.93. The molecule has 9 nitrogen and oxygen atoms in total. The zero-order valence-electron chi connectivity index (χ0n) is 19.4. The standard InChI is InChI=1S/C24H28N4O5S/c1-4-27-23(31)20(15-21(29)25-17-8-12-19(13-9-17)33-5-2)28(24(27)34)26-22(30)14-16-6-10-18(32-3)11-7-16/h6-13,20H,4-5,14-15H2,1-3H3,(H,25,29)(H,26,30). The second kappa shape index (κ2) is 11.5. The van der Waals surface area contributed by atoms with E-state index in [4.69, 9.17) is 21.7 Å². The van der Waals surface area contributed by atoms with Crippen LogP contribution in [0.5, 0.6) is 11.5 Å². The second-order valence-electron chi connectivity index (χ2n) is 7.52. The van der Waals surface area contributed by atoms with Crippen molar-refractivity contribution < 1.29 is 23.9 Å². The van der Waals surface area contributed by atoms with Crippen molar-refractivity contribution in [3.63, 3.8) is 0 Å². The Bertz CT molecular complexity index is 1040. The molecule has 0 aromatic heterocycles. The highest BCUT2D eigenvalue weighted by molar-refractivity contribution is 7.80. The number of hydrazine groups is 1. The molecule has 1 fully saturated rings. The Morgan fingerprint density at radius 2 is 1.65 bits per heavy atom. The van der Waals surface area contributed by atoms with Gasteiger partial charge in [-0.2, -0.15) is 0 Å². The van der Waals surface area contributed by atoms with Crippen LogP contribution in [0.25, 0.3) is 0 Å². The van der Waals surface area contributed by atoms with Gasteiger partial charge >= 0.3 is 0 Å². The summed E-state index contributed by atoms with van der Waals surface area (Å²) >= 11 is 5.41. The summed E-state index contributed by atoms with van der Waals surface area (Å²) in [4.78, 5) is 39.7. The molecule has 2 aromatic carbocycles. The van der Waals surface area contributed by atoms with Crippen LogP contribution in [0.4, 0.5) is 5.69 Å². The number of rotatable bonds is 10. The van der Waals surface area contributed by atoms with E-state index >= 15 is 0 Å². The Morgan fingerprint density at radius 1 is 1.00 bits per heavy atom. The van der Waals surface area contributed by atoms with Crippen molar-refractivity contribution in [2.24, 2.45) is 0 Å². The van der Waals surface area contributed by atoms with Crippen molar-refractivity contribution in [1.82, 2.24) is 15.3 Å². The van der Waals surface area contributed by atoms with Gasteiger partial charge in [0, 0.05) is 12.2 Å². The molecule has 180 valence electrons. The normalized spacial score (nSPS) is 15.3. The van der Waals surface area contributed by atoms with Crippen LogP contribution in [-0.2, 0) is 20.8 Å². The lowest BCUT2D eigenvalue weighted by Crippen LogP contribution is -2.50. The van der Waals surface area contributed by atoms with Crippen LogP contribution in [-0.4, -0.2) is 59.0 Å². The molecule has 3 amide bonds. The van der Waals surface area contributed by atoms with E-state index in [9.17, 15) is 14.4 Å². The van der Waals surface area contributed by atoms with Crippen molar-refractivity contribution >= 4 is 40.7 Å². The molecular weight excluding hydrogens is 456 g/mol. The number of thiocarbonyl (C=S) groups is 1. The predicted molar refractivity (Wildman–Crippen MR) is 131 cm³/mol. The van der Waals surface area contributed by atoms with Gasteiger partial charge < -0.3 is 14.8 Å². The number of nitrogens with one attached hydrogen (secondary N) is 2. The summed E-state index contributed by atoms with van der Waals surface area (Å²) in [6.07, 6.45) is -0.0972. The van der Waals surface area contributed by atoms with Crippen molar-refractivity contribution in [3.8, 4) is 11.5 Å². The second-order valence-corrected chi connectivity index (χ2v) is 7.89. The fraction of sp³-hybridized carbons (Fsp3) is 0.333. The van der Waals surface area contributed by atoms with E-state index in [2.05, 4.69) is 10.7 Å².